The second-order valence-electron chi connectivity index (χ2n) is 2.95. The van der Waals surface area contributed by atoms with Crippen molar-refractivity contribution in [1.29, 1.82) is 0 Å². The zero-order valence-corrected chi connectivity index (χ0v) is 8.16. The van der Waals surface area contributed by atoms with Crippen LogP contribution >= 0.6 is 11.6 Å². The molecule has 0 saturated heterocycles. The molecule has 0 radical (unpaired) electrons. The first-order valence-corrected chi connectivity index (χ1v) is 4.48. The van der Waals surface area contributed by atoms with E-state index in [0.29, 0.717) is 5.69 Å². The molecule has 2 rings (SSSR count). The minimum Gasteiger partial charge on any atom is -0.269 e. The molecule has 1 heterocycles. The highest BCUT2D eigenvalue weighted by Crippen LogP contribution is 2.24. The topological polar surface area (TPSA) is 37.4 Å². The Labute approximate surface area is 89.7 Å². The molecule has 0 aromatic heterocycles. The number of benzene rings is 1. The maximum atomic E-state index is 12.6. The van der Waals surface area contributed by atoms with Crippen LogP contribution in [-0.4, -0.2) is 11.8 Å². The largest absolute Gasteiger partial charge is 0.277 e. The lowest BCUT2D eigenvalue weighted by Gasteiger charge is -2.13. The number of halogens is 2. The van der Waals surface area contributed by atoms with E-state index in [4.69, 9.17) is 11.6 Å². The fraction of sp³-hybridized carbons (Fsp3) is 0. The molecule has 0 bridgehead atoms. The third-order valence-electron chi connectivity index (χ3n) is 1.96. The lowest BCUT2D eigenvalue weighted by molar-refractivity contribution is -0.120. The van der Waals surface area contributed by atoms with Gasteiger partial charge in [-0.3, -0.25) is 9.59 Å². The number of imide groups is 1. The van der Waals surface area contributed by atoms with Crippen molar-refractivity contribution >= 4 is 29.1 Å². The van der Waals surface area contributed by atoms with Gasteiger partial charge in [0.25, 0.3) is 11.8 Å². The number of carbonyl (C=O) groups is 2. The van der Waals surface area contributed by atoms with Gasteiger partial charge in [-0.25, -0.2) is 9.29 Å². The maximum Gasteiger partial charge on any atom is 0.277 e. The summed E-state index contributed by atoms with van der Waals surface area (Å²) in [5, 5.41) is -0.135. The van der Waals surface area contributed by atoms with Crippen molar-refractivity contribution in [3.63, 3.8) is 0 Å². The molecule has 0 atom stereocenters. The van der Waals surface area contributed by atoms with Gasteiger partial charge in [0.15, 0.2) is 0 Å². The maximum absolute atomic E-state index is 12.6. The molecule has 0 saturated carbocycles. The Morgan fingerprint density at radius 3 is 2.20 bits per heavy atom. The quantitative estimate of drug-likeness (QED) is 0.684. The van der Waals surface area contributed by atoms with E-state index in [0.717, 1.165) is 11.0 Å². The molecular weight excluding hydrogens is 221 g/mol. The van der Waals surface area contributed by atoms with Crippen molar-refractivity contribution in [2.45, 2.75) is 0 Å². The molecule has 76 valence electrons. The zero-order valence-electron chi connectivity index (χ0n) is 7.41. The minimum absolute atomic E-state index is 0.135. The standard InChI is InChI=1S/C10H5ClFNO2/c11-8-5-9(14)13(10(8)15)7-3-1-6(12)2-4-7/h1-5H. The summed E-state index contributed by atoms with van der Waals surface area (Å²) in [5.41, 5.74) is 0.304. The summed E-state index contributed by atoms with van der Waals surface area (Å²) >= 11 is 5.51. The normalized spacial score (nSPS) is 15.9. The van der Waals surface area contributed by atoms with Crippen molar-refractivity contribution in [3.8, 4) is 0 Å². The Bertz CT molecular complexity index is 467. The van der Waals surface area contributed by atoms with Gasteiger partial charge in [-0.2, -0.15) is 0 Å². The van der Waals surface area contributed by atoms with Gasteiger partial charge in [0.05, 0.1) is 5.69 Å². The van der Waals surface area contributed by atoms with Crippen molar-refractivity contribution in [2.24, 2.45) is 0 Å². The van der Waals surface area contributed by atoms with Crippen LogP contribution in [0.1, 0.15) is 0 Å². The number of hydrogen-bond donors (Lipinski definition) is 0. The second-order valence-corrected chi connectivity index (χ2v) is 3.35. The predicted octanol–water partition coefficient (Wildman–Crippen LogP) is 1.82. The average Bonchev–Trinajstić information content (AvgIpc) is 2.44. The van der Waals surface area contributed by atoms with Gasteiger partial charge < -0.3 is 0 Å². The number of amides is 2. The van der Waals surface area contributed by atoms with Gasteiger partial charge in [-0.15, -0.1) is 0 Å². The average molecular weight is 226 g/mol. The molecule has 1 aliphatic heterocycles. The zero-order chi connectivity index (χ0) is 11.0. The van der Waals surface area contributed by atoms with E-state index >= 15 is 0 Å². The first-order chi connectivity index (χ1) is 7.09. The molecule has 15 heavy (non-hydrogen) atoms. The molecule has 0 aliphatic carbocycles. The molecule has 3 nitrogen and oxygen atoms in total. The van der Waals surface area contributed by atoms with E-state index in [1.54, 1.807) is 0 Å². The number of carbonyl (C=O) groups excluding carboxylic acids is 2. The van der Waals surface area contributed by atoms with Crippen LogP contribution in [0.5, 0.6) is 0 Å². The van der Waals surface area contributed by atoms with Crippen molar-refractivity contribution in [1.82, 2.24) is 0 Å². The Morgan fingerprint density at radius 2 is 1.73 bits per heavy atom. The van der Waals surface area contributed by atoms with Crippen LogP contribution in [0.3, 0.4) is 0 Å². The summed E-state index contributed by atoms with van der Waals surface area (Å²) in [6, 6.07) is 5.02. The van der Waals surface area contributed by atoms with Crippen LogP contribution in [0.4, 0.5) is 10.1 Å². The molecule has 5 heteroatoms. The van der Waals surface area contributed by atoms with Gasteiger partial charge in [0.1, 0.15) is 10.8 Å². The Hall–Kier alpha value is -1.68. The molecule has 1 aromatic carbocycles. The Kier molecular flexibility index (Phi) is 2.28. The van der Waals surface area contributed by atoms with Gasteiger partial charge in [-0.1, -0.05) is 11.6 Å². The van der Waals surface area contributed by atoms with Gasteiger partial charge >= 0.3 is 0 Å². The van der Waals surface area contributed by atoms with Gasteiger partial charge in [0.2, 0.25) is 0 Å². The third kappa shape index (κ3) is 1.64. The Morgan fingerprint density at radius 1 is 1.13 bits per heavy atom. The lowest BCUT2D eigenvalue weighted by Crippen LogP contribution is -2.30. The second kappa shape index (κ2) is 3.47. The number of anilines is 1. The van der Waals surface area contributed by atoms with E-state index in [1.165, 1.54) is 24.3 Å². The minimum atomic E-state index is -0.590. The van der Waals surface area contributed by atoms with Gasteiger partial charge in [-0.05, 0) is 24.3 Å². The highest BCUT2D eigenvalue weighted by atomic mass is 35.5. The van der Waals surface area contributed by atoms with E-state index in [2.05, 4.69) is 0 Å². The fourth-order valence-electron chi connectivity index (χ4n) is 1.28. The summed E-state index contributed by atoms with van der Waals surface area (Å²) in [5.74, 6) is -1.54. The van der Waals surface area contributed by atoms with Crippen molar-refractivity contribution in [2.75, 3.05) is 4.90 Å². The monoisotopic (exact) mass is 225 g/mol. The molecule has 0 spiro atoms. The highest BCUT2D eigenvalue weighted by Gasteiger charge is 2.31. The van der Waals surface area contributed by atoms with Crippen LogP contribution in [0.2, 0.25) is 0 Å². The third-order valence-corrected chi connectivity index (χ3v) is 2.23. The first-order valence-electron chi connectivity index (χ1n) is 4.11. The summed E-state index contributed by atoms with van der Waals surface area (Å²) in [4.78, 5) is 23.6. The Balaban J connectivity index is 2.38. The van der Waals surface area contributed by atoms with Crippen LogP contribution < -0.4 is 4.90 Å². The highest BCUT2D eigenvalue weighted by molar-refractivity contribution is 6.51. The van der Waals surface area contributed by atoms with E-state index < -0.39 is 17.6 Å². The van der Waals surface area contributed by atoms with Crippen LogP contribution in [-0.2, 0) is 9.59 Å². The molecular formula is C10H5ClFNO2. The van der Waals surface area contributed by atoms with Crippen LogP contribution in [0, 0.1) is 5.82 Å². The molecule has 1 aliphatic rings. The van der Waals surface area contributed by atoms with Crippen molar-refractivity contribution < 1.29 is 14.0 Å². The van der Waals surface area contributed by atoms with Crippen molar-refractivity contribution in [3.05, 3.63) is 41.2 Å². The van der Waals surface area contributed by atoms with Crippen LogP contribution in [0.15, 0.2) is 35.4 Å². The molecule has 0 N–H and O–H groups in total. The molecule has 1 aromatic rings. The predicted molar refractivity (Wildman–Crippen MR) is 52.8 cm³/mol. The smallest absolute Gasteiger partial charge is 0.269 e. The molecule has 2 amide bonds. The summed E-state index contributed by atoms with van der Waals surface area (Å²) in [6.45, 7) is 0. The molecule has 0 fully saturated rings. The number of hydrogen-bond acceptors (Lipinski definition) is 2. The first kappa shape index (κ1) is 9.86. The summed E-state index contributed by atoms with van der Waals surface area (Å²) in [7, 11) is 0. The summed E-state index contributed by atoms with van der Waals surface area (Å²) in [6.07, 6.45) is 1.03. The van der Waals surface area contributed by atoms with E-state index in [-0.39, 0.29) is 5.03 Å². The number of rotatable bonds is 1. The SMILES string of the molecule is O=C1C=C(Cl)C(=O)N1c1ccc(F)cc1. The lowest BCUT2D eigenvalue weighted by atomic mass is 10.3. The fourth-order valence-corrected chi connectivity index (χ4v) is 1.45. The number of nitrogens with zero attached hydrogens (tertiary/aromatic N) is 1. The molecule has 0 unspecified atom stereocenters. The van der Waals surface area contributed by atoms with Gasteiger partial charge in [0, 0.05) is 6.08 Å². The van der Waals surface area contributed by atoms with Crippen LogP contribution in [0.25, 0.3) is 0 Å². The summed E-state index contributed by atoms with van der Waals surface area (Å²) < 4.78 is 12.6. The van der Waals surface area contributed by atoms with E-state index in [9.17, 15) is 14.0 Å². The van der Waals surface area contributed by atoms with E-state index in [1.807, 2.05) is 0 Å².